The SMILES string of the molecule is CC12CCC(C/C1=N/NC(=O)Cn1cnc3ccc(Br)cc3c1=O)C2(C)C. The Bertz CT molecular complexity index is 1030. The van der Waals surface area contributed by atoms with Crippen LogP contribution in [-0.4, -0.2) is 21.2 Å². The molecule has 2 saturated carbocycles. The summed E-state index contributed by atoms with van der Waals surface area (Å²) in [5.41, 5.74) is 4.36. The molecular weight excluding hydrogens is 408 g/mol. The summed E-state index contributed by atoms with van der Waals surface area (Å²) < 4.78 is 2.12. The van der Waals surface area contributed by atoms with Gasteiger partial charge in [0.1, 0.15) is 6.54 Å². The molecule has 2 atom stereocenters. The van der Waals surface area contributed by atoms with Gasteiger partial charge in [0.2, 0.25) is 0 Å². The number of fused-ring (bicyclic) bond motifs is 3. The molecule has 0 aliphatic heterocycles. The molecule has 1 N–H and O–H groups in total. The first-order valence-electron chi connectivity index (χ1n) is 9.23. The van der Waals surface area contributed by atoms with Gasteiger partial charge in [0.05, 0.1) is 17.2 Å². The number of rotatable bonds is 3. The minimum absolute atomic E-state index is 0.0402. The Labute approximate surface area is 166 Å². The minimum Gasteiger partial charge on any atom is -0.289 e. The minimum atomic E-state index is -0.315. The normalized spacial score (nSPS) is 27.4. The van der Waals surface area contributed by atoms with Crippen molar-refractivity contribution in [1.29, 1.82) is 0 Å². The number of hydrazone groups is 1. The van der Waals surface area contributed by atoms with E-state index in [-0.39, 0.29) is 28.8 Å². The molecule has 4 rings (SSSR count). The number of nitrogens with zero attached hydrogens (tertiary/aromatic N) is 3. The van der Waals surface area contributed by atoms with Crippen molar-refractivity contribution in [3.63, 3.8) is 0 Å². The number of amides is 1. The van der Waals surface area contributed by atoms with E-state index in [2.05, 4.69) is 52.2 Å². The molecule has 2 aromatic rings. The third-order valence-corrected chi connectivity index (χ3v) is 7.42. The van der Waals surface area contributed by atoms with Crippen LogP contribution in [0.25, 0.3) is 10.9 Å². The highest BCUT2D eigenvalue weighted by atomic mass is 79.9. The number of halogens is 1. The topological polar surface area (TPSA) is 76.3 Å². The van der Waals surface area contributed by atoms with Crippen LogP contribution in [0.15, 0.2) is 38.9 Å². The van der Waals surface area contributed by atoms with Crippen molar-refractivity contribution in [2.45, 2.75) is 46.6 Å². The van der Waals surface area contributed by atoms with Gasteiger partial charge in [0.25, 0.3) is 11.5 Å². The van der Waals surface area contributed by atoms with Crippen LogP contribution in [-0.2, 0) is 11.3 Å². The number of carbonyl (C=O) groups is 1. The van der Waals surface area contributed by atoms with Gasteiger partial charge in [-0.3, -0.25) is 14.2 Å². The zero-order valence-electron chi connectivity index (χ0n) is 15.8. The van der Waals surface area contributed by atoms with Crippen LogP contribution in [0.1, 0.15) is 40.0 Å². The first-order valence-corrected chi connectivity index (χ1v) is 10.0. The predicted molar refractivity (Wildman–Crippen MR) is 109 cm³/mol. The number of hydrogen-bond acceptors (Lipinski definition) is 4. The largest absolute Gasteiger partial charge is 0.289 e. The highest BCUT2D eigenvalue weighted by Gasteiger charge is 2.60. The van der Waals surface area contributed by atoms with Gasteiger partial charge < -0.3 is 0 Å². The number of hydrogen-bond donors (Lipinski definition) is 1. The molecule has 2 aliphatic rings. The van der Waals surface area contributed by atoms with E-state index < -0.39 is 0 Å². The van der Waals surface area contributed by atoms with Crippen molar-refractivity contribution in [3.8, 4) is 0 Å². The average Bonchev–Trinajstić information content (AvgIpc) is 2.96. The monoisotopic (exact) mass is 430 g/mol. The standard InChI is InChI=1S/C20H23BrN4O2/c1-19(2)12-6-7-20(19,3)16(8-12)23-24-17(26)10-25-11-22-15-5-4-13(21)9-14(15)18(25)27/h4-5,9,11-12H,6-8,10H2,1-3H3,(H,24,26)/b23-16-. The molecule has 1 heterocycles. The van der Waals surface area contributed by atoms with Gasteiger partial charge in [-0.2, -0.15) is 5.10 Å². The Hall–Kier alpha value is -2.02. The molecule has 1 aromatic heterocycles. The third kappa shape index (κ3) is 2.83. The van der Waals surface area contributed by atoms with Gasteiger partial charge in [0, 0.05) is 15.6 Å². The van der Waals surface area contributed by atoms with Gasteiger partial charge in [-0.25, -0.2) is 10.4 Å². The molecule has 1 amide bonds. The Morgan fingerprint density at radius 2 is 2.19 bits per heavy atom. The fourth-order valence-corrected chi connectivity index (χ4v) is 5.02. The third-order valence-electron chi connectivity index (χ3n) is 6.93. The van der Waals surface area contributed by atoms with E-state index in [1.165, 1.54) is 17.3 Å². The molecule has 2 bridgehead atoms. The van der Waals surface area contributed by atoms with Crippen LogP contribution in [0.5, 0.6) is 0 Å². The summed E-state index contributed by atoms with van der Waals surface area (Å²) in [6.45, 7) is 6.75. The summed E-state index contributed by atoms with van der Waals surface area (Å²) in [6, 6.07) is 5.32. The fraction of sp³-hybridized carbons (Fsp3) is 0.500. The second kappa shape index (κ2) is 6.26. The molecule has 1 aromatic carbocycles. The van der Waals surface area contributed by atoms with Gasteiger partial charge in [-0.1, -0.05) is 36.7 Å². The second-order valence-corrected chi connectivity index (χ2v) is 9.34. The zero-order chi connectivity index (χ0) is 19.4. The predicted octanol–water partition coefficient (Wildman–Crippen LogP) is 3.48. The van der Waals surface area contributed by atoms with Crippen LogP contribution in [0.3, 0.4) is 0 Å². The summed E-state index contributed by atoms with van der Waals surface area (Å²) >= 11 is 3.36. The van der Waals surface area contributed by atoms with Gasteiger partial charge in [0.15, 0.2) is 0 Å². The lowest BCUT2D eigenvalue weighted by molar-refractivity contribution is -0.121. The molecule has 2 unspecified atom stereocenters. The first kappa shape index (κ1) is 18.3. The van der Waals surface area contributed by atoms with Crippen LogP contribution in [0.2, 0.25) is 0 Å². The molecule has 6 nitrogen and oxygen atoms in total. The zero-order valence-corrected chi connectivity index (χ0v) is 17.3. The van der Waals surface area contributed by atoms with E-state index in [4.69, 9.17) is 0 Å². The van der Waals surface area contributed by atoms with E-state index in [1.807, 2.05) is 6.07 Å². The van der Waals surface area contributed by atoms with E-state index in [1.54, 1.807) is 12.1 Å². The number of aromatic nitrogens is 2. The summed E-state index contributed by atoms with van der Waals surface area (Å²) in [5, 5.41) is 4.93. The molecule has 0 saturated heterocycles. The smallest absolute Gasteiger partial charge is 0.261 e. The van der Waals surface area contributed by atoms with Crippen molar-refractivity contribution >= 4 is 38.5 Å². The Morgan fingerprint density at radius 1 is 1.41 bits per heavy atom. The molecule has 27 heavy (non-hydrogen) atoms. The molecule has 142 valence electrons. The van der Waals surface area contributed by atoms with Crippen molar-refractivity contribution in [3.05, 3.63) is 39.4 Å². The lowest BCUT2D eigenvalue weighted by Crippen LogP contribution is -2.35. The van der Waals surface area contributed by atoms with E-state index >= 15 is 0 Å². The summed E-state index contributed by atoms with van der Waals surface area (Å²) in [6.07, 6.45) is 4.69. The van der Waals surface area contributed by atoms with Crippen molar-refractivity contribution in [2.75, 3.05) is 0 Å². The highest BCUT2D eigenvalue weighted by Crippen LogP contribution is 2.63. The van der Waals surface area contributed by atoms with Gasteiger partial charge >= 0.3 is 0 Å². The molecule has 7 heteroatoms. The van der Waals surface area contributed by atoms with Crippen molar-refractivity contribution in [1.82, 2.24) is 15.0 Å². The van der Waals surface area contributed by atoms with Gasteiger partial charge in [-0.15, -0.1) is 0 Å². The lowest BCUT2D eigenvalue weighted by Gasteiger charge is -2.34. The van der Waals surface area contributed by atoms with E-state index in [0.717, 1.165) is 23.0 Å². The van der Waals surface area contributed by atoms with E-state index in [9.17, 15) is 9.59 Å². The maximum absolute atomic E-state index is 12.6. The number of nitrogens with one attached hydrogen (secondary N) is 1. The summed E-state index contributed by atoms with van der Waals surface area (Å²) in [7, 11) is 0. The molecule has 2 aliphatic carbocycles. The maximum atomic E-state index is 12.6. The quantitative estimate of drug-likeness (QED) is 0.757. The number of benzene rings is 1. The fourth-order valence-electron chi connectivity index (χ4n) is 4.66. The van der Waals surface area contributed by atoms with E-state index in [0.29, 0.717) is 16.8 Å². The molecule has 0 radical (unpaired) electrons. The highest BCUT2D eigenvalue weighted by molar-refractivity contribution is 9.10. The Balaban J connectivity index is 1.52. The van der Waals surface area contributed by atoms with Crippen LogP contribution < -0.4 is 11.0 Å². The Morgan fingerprint density at radius 3 is 2.85 bits per heavy atom. The molecule has 0 spiro atoms. The number of carbonyl (C=O) groups excluding carboxylic acids is 1. The average molecular weight is 431 g/mol. The maximum Gasteiger partial charge on any atom is 0.261 e. The summed E-state index contributed by atoms with van der Waals surface area (Å²) in [4.78, 5) is 29.2. The van der Waals surface area contributed by atoms with Crippen LogP contribution in [0, 0.1) is 16.7 Å². The van der Waals surface area contributed by atoms with Crippen molar-refractivity contribution in [2.24, 2.45) is 21.8 Å². The first-order chi connectivity index (χ1) is 12.7. The second-order valence-electron chi connectivity index (χ2n) is 8.43. The summed E-state index contributed by atoms with van der Waals surface area (Å²) in [5.74, 6) is 0.314. The van der Waals surface area contributed by atoms with Crippen LogP contribution in [0.4, 0.5) is 0 Å². The Kier molecular flexibility index (Phi) is 4.25. The molecular formula is C20H23BrN4O2. The lowest BCUT2D eigenvalue weighted by atomic mass is 9.70. The van der Waals surface area contributed by atoms with Crippen molar-refractivity contribution < 1.29 is 4.79 Å². The van der Waals surface area contributed by atoms with Gasteiger partial charge in [-0.05, 0) is 48.8 Å². The van der Waals surface area contributed by atoms with Crippen LogP contribution >= 0.6 is 15.9 Å². The molecule has 2 fully saturated rings.